The largest absolute Gasteiger partial charge is 0.497 e. The van der Waals surface area contributed by atoms with Crippen molar-refractivity contribution in [3.8, 4) is 23.0 Å². The molecule has 6 aliphatic heterocycles. The maximum absolute atomic E-state index is 13.7. The Morgan fingerprint density at radius 1 is 0.694 bits per heavy atom. The number of methoxy groups -OCH3 is 4. The first-order valence-electron chi connectivity index (χ1n) is 21.9. The zero-order chi connectivity index (χ0) is 44.0. The van der Waals surface area contributed by atoms with Crippen molar-refractivity contribution in [3.63, 3.8) is 0 Å². The average Bonchev–Trinajstić information content (AvgIpc) is 3.39. The number of fused-ring (bicyclic) bond motifs is 6. The molecule has 8 rings (SSSR count). The predicted molar refractivity (Wildman–Crippen MR) is 241 cm³/mol. The van der Waals surface area contributed by atoms with Crippen LogP contribution >= 0.6 is 12.4 Å². The number of amides is 5. The van der Waals surface area contributed by atoms with E-state index in [0.29, 0.717) is 51.3 Å². The minimum Gasteiger partial charge on any atom is -0.497 e. The minimum absolute atomic E-state index is 0. The van der Waals surface area contributed by atoms with Gasteiger partial charge in [0, 0.05) is 72.7 Å². The minimum atomic E-state index is -0.535. The van der Waals surface area contributed by atoms with Crippen LogP contribution in [0.25, 0.3) is 0 Å². The average molecular weight is 880 g/mol. The lowest BCUT2D eigenvalue weighted by Gasteiger charge is -2.44. The molecule has 5 amide bonds. The van der Waals surface area contributed by atoms with E-state index in [4.69, 9.17) is 23.7 Å². The molecular weight excluding hydrogens is 812 g/mol. The molecule has 0 unspecified atom stereocenters. The Morgan fingerprint density at radius 2 is 1.11 bits per heavy atom. The quantitative estimate of drug-likeness (QED) is 0.306. The summed E-state index contributed by atoms with van der Waals surface area (Å²) in [4.78, 5) is 49.4. The zero-order valence-corrected chi connectivity index (χ0v) is 39.3. The van der Waals surface area contributed by atoms with Gasteiger partial charge in [-0.1, -0.05) is 26.0 Å². The molecule has 14 nitrogen and oxygen atoms in total. The highest BCUT2D eigenvalue weighted by Gasteiger charge is 2.56. The van der Waals surface area contributed by atoms with Crippen molar-refractivity contribution in [2.45, 2.75) is 116 Å². The molecule has 0 aliphatic carbocycles. The van der Waals surface area contributed by atoms with Gasteiger partial charge < -0.3 is 43.7 Å². The van der Waals surface area contributed by atoms with Gasteiger partial charge in [-0.3, -0.25) is 9.80 Å². The first-order chi connectivity index (χ1) is 29.1. The number of piperidine rings is 2. The molecule has 6 heterocycles. The Balaban J connectivity index is 0.000000209. The fraction of sp³-hybridized carbons (Fsp3) is 0.596. The maximum atomic E-state index is 13.7. The van der Waals surface area contributed by atoms with Crippen LogP contribution in [-0.4, -0.2) is 127 Å². The van der Waals surface area contributed by atoms with Gasteiger partial charge in [-0.2, -0.15) is 0 Å². The first-order valence-corrected chi connectivity index (χ1v) is 21.9. The summed E-state index contributed by atoms with van der Waals surface area (Å²) >= 11 is 0. The van der Waals surface area contributed by atoms with Crippen molar-refractivity contribution in [2.75, 3.05) is 67.7 Å². The summed E-state index contributed by atoms with van der Waals surface area (Å²) in [6.45, 7) is 19.4. The number of likely N-dealkylation sites (N-methyl/N-ethyl adjacent to an activating group) is 2. The standard InChI is InChI=1S/C26H37N3O5.C21H29N3O3.ClH/c1-8-29-23(30)28-16-18-14-19(32-6)15-20(33-7)22(18)17(2)13-21(28)26(29)9-11-27(12-10-26)24(31)34-25(3,4)5;1-5-24-20(25)23-13-15-11-16(26-3)12-17(27-4)19(15)14(2)10-18(23)21(24)6-8-22-9-7-21;/h13-15,17H,8-12,16H2,1-7H3;10-12,14,22H,5-9,13H2,1-4H3;1H/t17-;14-;/m00./s1. The molecule has 2 atom stereocenters. The van der Waals surface area contributed by atoms with Gasteiger partial charge in [-0.15, -0.1) is 12.4 Å². The van der Waals surface area contributed by atoms with Crippen LogP contribution in [0.2, 0.25) is 0 Å². The topological polar surface area (TPSA) is 126 Å². The third-order valence-corrected chi connectivity index (χ3v) is 13.5. The number of carbonyl (C=O) groups excluding carboxylic acids is 3. The fourth-order valence-electron chi connectivity index (χ4n) is 10.8. The number of allylic oxidation sites excluding steroid dienone is 2. The van der Waals surface area contributed by atoms with E-state index in [2.05, 4.69) is 43.1 Å². The summed E-state index contributed by atoms with van der Waals surface area (Å²) in [5.41, 5.74) is 5.41. The summed E-state index contributed by atoms with van der Waals surface area (Å²) in [6.07, 6.45) is 7.49. The SMILES string of the molecule is CCN1C(=O)N2Cc3cc(OC)cc(OC)c3[C@@H](C)C=C2C12CCN(C(=O)OC(C)(C)C)CC2.CCN1C(=O)N2Cc3cc(OC)cc(OC)c3[C@@H](C)C=C2C12CCNCC2.Cl. The van der Waals surface area contributed by atoms with E-state index >= 15 is 0 Å². The summed E-state index contributed by atoms with van der Waals surface area (Å²) in [5.74, 6) is 3.29. The van der Waals surface area contributed by atoms with Crippen molar-refractivity contribution in [1.29, 1.82) is 0 Å². The van der Waals surface area contributed by atoms with Crippen molar-refractivity contribution in [2.24, 2.45) is 0 Å². The smallest absolute Gasteiger partial charge is 0.410 e. The van der Waals surface area contributed by atoms with Crippen LogP contribution in [0.15, 0.2) is 47.8 Å². The van der Waals surface area contributed by atoms with Crippen LogP contribution in [0.4, 0.5) is 14.4 Å². The van der Waals surface area contributed by atoms with E-state index in [1.165, 1.54) is 5.70 Å². The first kappa shape index (κ1) is 46.7. The Bertz CT molecular complexity index is 2090. The molecule has 340 valence electrons. The summed E-state index contributed by atoms with van der Waals surface area (Å²) in [7, 11) is 6.66. The monoisotopic (exact) mass is 878 g/mol. The third-order valence-electron chi connectivity index (χ3n) is 13.5. The Morgan fingerprint density at radius 3 is 1.48 bits per heavy atom. The number of urea groups is 2. The highest BCUT2D eigenvalue weighted by Crippen LogP contribution is 2.50. The van der Waals surface area contributed by atoms with Gasteiger partial charge in [0.1, 0.15) is 28.6 Å². The number of nitrogens with zero attached hydrogens (tertiary/aromatic N) is 5. The molecule has 62 heavy (non-hydrogen) atoms. The lowest BCUT2D eigenvalue weighted by molar-refractivity contribution is 0.0113. The van der Waals surface area contributed by atoms with Crippen LogP contribution in [-0.2, 0) is 17.8 Å². The molecule has 2 spiro atoms. The molecule has 0 aromatic heterocycles. The van der Waals surface area contributed by atoms with E-state index in [0.717, 1.165) is 77.7 Å². The molecule has 15 heteroatoms. The highest BCUT2D eigenvalue weighted by molar-refractivity contribution is 5.85. The van der Waals surface area contributed by atoms with E-state index in [9.17, 15) is 14.4 Å². The predicted octanol–water partition coefficient (Wildman–Crippen LogP) is 8.24. The lowest BCUT2D eigenvalue weighted by Crippen LogP contribution is -2.55. The van der Waals surface area contributed by atoms with Crippen molar-refractivity contribution in [1.82, 2.24) is 29.8 Å². The molecule has 4 fully saturated rings. The molecule has 1 N–H and O–H groups in total. The third kappa shape index (κ3) is 8.01. The zero-order valence-electron chi connectivity index (χ0n) is 38.5. The molecular formula is C47H67ClN6O8. The number of hydrogen-bond acceptors (Lipinski definition) is 9. The summed E-state index contributed by atoms with van der Waals surface area (Å²) < 4.78 is 27.9. The second-order valence-corrected chi connectivity index (χ2v) is 18.0. The molecule has 4 saturated heterocycles. The maximum Gasteiger partial charge on any atom is 0.410 e. The lowest BCUT2D eigenvalue weighted by atomic mass is 9.82. The number of rotatable bonds is 6. The van der Waals surface area contributed by atoms with E-state index in [1.54, 1.807) is 33.3 Å². The van der Waals surface area contributed by atoms with Gasteiger partial charge in [0.05, 0.1) is 52.6 Å². The van der Waals surface area contributed by atoms with Gasteiger partial charge >= 0.3 is 18.2 Å². The van der Waals surface area contributed by atoms with Gasteiger partial charge in [0.25, 0.3) is 0 Å². The van der Waals surface area contributed by atoms with Crippen LogP contribution in [0, 0.1) is 0 Å². The number of nitrogens with one attached hydrogen (secondary N) is 1. The van der Waals surface area contributed by atoms with Crippen LogP contribution < -0.4 is 24.3 Å². The number of halogens is 1. The number of hydrogen-bond donors (Lipinski definition) is 1. The van der Waals surface area contributed by atoms with Crippen molar-refractivity contribution in [3.05, 3.63) is 70.1 Å². The fourth-order valence-corrected chi connectivity index (χ4v) is 10.8. The van der Waals surface area contributed by atoms with Crippen LogP contribution in [0.1, 0.15) is 108 Å². The number of ether oxygens (including phenoxy) is 5. The van der Waals surface area contributed by atoms with E-state index < -0.39 is 11.1 Å². The molecule has 0 saturated carbocycles. The number of carbonyl (C=O) groups is 3. The van der Waals surface area contributed by atoms with Gasteiger partial charge in [-0.25, -0.2) is 14.4 Å². The molecule has 6 aliphatic rings. The van der Waals surface area contributed by atoms with Crippen molar-refractivity contribution >= 4 is 30.6 Å². The van der Waals surface area contributed by atoms with E-state index in [1.807, 2.05) is 66.7 Å². The van der Waals surface area contributed by atoms with Gasteiger partial charge in [0.15, 0.2) is 0 Å². The Labute approximate surface area is 373 Å². The second-order valence-electron chi connectivity index (χ2n) is 18.0. The molecule has 2 aromatic carbocycles. The van der Waals surface area contributed by atoms with Crippen molar-refractivity contribution < 1.29 is 38.1 Å². The van der Waals surface area contributed by atoms with Gasteiger partial charge in [-0.05, 0) is 96.7 Å². The van der Waals surface area contributed by atoms with Crippen LogP contribution in [0.3, 0.4) is 0 Å². The summed E-state index contributed by atoms with van der Waals surface area (Å²) in [6, 6.07) is 8.02. The number of likely N-dealkylation sites (tertiary alicyclic amines) is 1. The number of benzene rings is 2. The van der Waals surface area contributed by atoms with Crippen LogP contribution in [0.5, 0.6) is 23.0 Å². The highest BCUT2D eigenvalue weighted by atomic mass is 35.5. The van der Waals surface area contributed by atoms with E-state index in [-0.39, 0.29) is 47.9 Å². The Kier molecular flexibility index (Phi) is 13.6. The second kappa shape index (κ2) is 18.1. The molecule has 0 bridgehead atoms. The van der Waals surface area contributed by atoms with Gasteiger partial charge in [0.2, 0.25) is 0 Å². The molecule has 0 radical (unpaired) electrons. The summed E-state index contributed by atoms with van der Waals surface area (Å²) in [5, 5.41) is 3.45. The Hall–Kier alpha value is -4.82. The molecule has 2 aromatic rings. The normalized spacial score (nSPS) is 22.1.